The normalized spacial score (nSPS) is 11.1. The van der Waals surface area contributed by atoms with E-state index >= 15 is 0 Å². The van der Waals surface area contributed by atoms with Gasteiger partial charge in [0, 0.05) is 11.5 Å². The van der Waals surface area contributed by atoms with Crippen LogP contribution < -0.4 is 0 Å². The largest absolute Gasteiger partial charge is 0.241 e. The Morgan fingerprint density at radius 3 is 2.69 bits per heavy atom. The molecule has 0 aliphatic carbocycles. The average Bonchev–Trinajstić information content (AvgIpc) is 2.38. The third kappa shape index (κ3) is 1.14. The number of halogens is 3. The SMILES string of the molecule is Cn1nc2c(F)ccc(Br)c2c1F. The summed E-state index contributed by atoms with van der Waals surface area (Å²) in [7, 11) is 1.43. The van der Waals surface area contributed by atoms with E-state index in [1.54, 1.807) is 0 Å². The smallest absolute Gasteiger partial charge is 0.220 e. The van der Waals surface area contributed by atoms with Gasteiger partial charge in [0.25, 0.3) is 0 Å². The van der Waals surface area contributed by atoms with Crippen LogP contribution in [0, 0.1) is 11.8 Å². The molecule has 0 amide bonds. The molecule has 1 heterocycles. The number of benzene rings is 1. The highest BCUT2D eigenvalue weighted by atomic mass is 79.9. The maximum absolute atomic E-state index is 13.3. The van der Waals surface area contributed by atoms with Crippen molar-refractivity contribution in [2.45, 2.75) is 0 Å². The van der Waals surface area contributed by atoms with E-state index in [2.05, 4.69) is 21.0 Å². The van der Waals surface area contributed by atoms with Gasteiger partial charge in [-0.05, 0) is 28.1 Å². The minimum Gasteiger partial charge on any atom is -0.241 e. The first-order chi connectivity index (χ1) is 6.11. The summed E-state index contributed by atoms with van der Waals surface area (Å²) >= 11 is 3.14. The molecule has 0 bridgehead atoms. The molecular formula is C8H5BrF2N2. The molecule has 68 valence electrons. The lowest BCUT2D eigenvalue weighted by Crippen LogP contribution is -1.92. The Hall–Kier alpha value is -0.970. The van der Waals surface area contributed by atoms with Gasteiger partial charge >= 0.3 is 0 Å². The quantitative estimate of drug-likeness (QED) is 0.699. The average molecular weight is 247 g/mol. The first-order valence-electron chi connectivity index (χ1n) is 3.57. The predicted molar refractivity (Wildman–Crippen MR) is 48.3 cm³/mol. The van der Waals surface area contributed by atoms with E-state index in [1.807, 2.05) is 0 Å². The van der Waals surface area contributed by atoms with E-state index in [0.29, 0.717) is 4.47 Å². The van der Waals surface area contributed by atoms with Gasteiger partial charge in [0.05, 0.1) is 5.39 Å². The van der Waals surface area contributed by atoms with Crippen molar-refractivity contribution in [1.82, 2.24) is 9.78 Å². The molecular weight excluding hydrogens is 242 g/mol. The fraction of sp³-hybridized carbons (Fsp3) is 0.125. The number of aryl methyl sites for hydroxylation is 1. The summed E-state index contributed by atoms with van der Waals surface area (Å²) in [6.07, 6.45) is 0. The zero-order valence-corrected chi connectivity index (χ0v) is 8.27. The highest BCUT2D eigenvalue weighted by Crippen LogP contribution is 2.27. The molecule has 5 heteroatoms. The summed E-state index contributed by atoms with van der Waals surface area (Å²) < 4.78 is 27.9. The Morgan fingerprint density at radius 1 is 1.38 bits per heavy atom. The second kappa shape index (κ2) is 2.77. The molecule has 1 aromatic heterocycles. The molecule has 2 rings (SSSR count). The monoisotopic (exact) mass is 246 g/mol. The van der Waals surface area contributed by atoms with Crippen molar-refractivity contribution < 1.29 is 8.78 Å². The van der Waals surface area contributed by atoms with E-state index in [4.69, 9.17) is 0 Å². The Bertz CT molecular complexity index is 478. The first kappa shape index (κ1) is 8.62. The second-order valence-electron chi connectivity index (χ2n) is 2.67. The van der Waals surface area contributed by atoms with Gasteiger partial charge < -0.3 is 0 Å². The van der Waals surface area contributed by atoms with Crippen LogP contribution in [0.4, 0.5) is 8.78 Å². The van der Waals surface area contributed by atoms with Crippen molar-refractivity contribution in [3.63, 3.8) is 0 Å². The van der Waals surface area contributed by atoms with Crippen LogP contribution in [-0.4, -0.2) is 9.78 Å². The van der Waals surface area contributed by atoms with Crippen LogP contribution in [0.3, 0.4) is 0 Å². The van der Waals surface area contributed by atoms with Crippen LogP contribution in [0.5, 0.6) is 0 Å². The van der Waals surface area contributed by atoms with Crippen LogP contribution in [0.15, 0.2) is 16.6 Å². The third-order valence-electron chi connectivity index (χ3n) is 1.82. The highest BCUT2D eigenvalue weighted by Gasteiger charge is 2.14. The minimum absolute atomic E-state index is 0.0503. The van der Waals surface area contributed by atoms with E-state index in [-0.39, 0.29) is 10.9 Å². The Balaban J connectivity index is 3.00. The zero-order chi connectivity index (χ0) is 9.59. The maximum atomic E-state index is 13.3. The molecule has 0 unspecified atom stereocenters. The summed E-state index contributed by atoms with van der Waals surface area (Å²) in [5.74, 6) is -1.06. The molecule has 2 nitrogen and oxygen atoms in total. The predicted octanol–water partition coefficient (Wildman–Crippen LogP) is 2.61. The van der Waals surface area contributed by atoms with Crippen LogP contribution in [-0.2, 0) is 7.05 Å². The Kier molecular flexibility index (Phi) is 1.83. The van der Waals surface area contributed by atoms with E-state index in [9.17, 15) is 8.78 Å². The van der Waals surface area contributed by atoms with Gasteiger partial charge in [-0.1, -0.05) is 0 Å². The number of rotatable bonds is 0. The summed E-state index contributed by atoms with van der Waals surface area (Å²) in [5.41, 5.74) is 0.0503. The summed E-state index contributed by atoms with van der Waals surface area (Å²) in [5, 5.41) is 3.89. The minimum atomic E-state index is -0.540. The van der Waals surface area contributed by atoms with Gasteiger partial charge in [-0.3, -0.25) is 0 Å². The maximum Gasteiger partial charge on any atom is 0.220 e. The van der Waals surface area contributed by atoms with E-state index in [0.717, 1.165) is 4.68 Å². The molecule has 0 radical (unpaired) electrons. The molecule has 0 saturated carbocycles. The van der Waals surface area contributed by atoms with E-state index < -0.39 is 11.8 Å². The number of hydrogen-bond donors (Lipinski definition) is 0. The molecule has 0 spiro atoms. The van der Waals surface area contributed by atoms with Gasteiger partial charge in [-0.25, -0.2) is 9.07 Å². The summed E-state index contributed by atoms with van der Waals surface area (Å²) in [6.45, 7) is 0. The molecule has 0 fully saturated rings. The van der Waals surface area contributed by atoms with Crippen molar-refractivity contribution in [2.24, 2.45) is 7.05 Å². The van der Waals surface area contributed by atoms with Crippen LogP contribution in [0.25, 0.3) is 10.9 Å². The lowest BCUT2D eigenvalue weighted by atomic mass is 10.2. The fourth-order valence-electron chi connectivity index (χ4n) is 1.19. The molecule has 0 atom stereocenters. The zero-order valence-electron chi connectivity index (χ0n) is 6.68. The Morgan fingerprint density at radius 2 is 2.08 bits per heavy atom. The van der Waals surface area contributed by atoms with Gasteiger partial charge in [0.2, 0.25) is 5.95 Å². The number of nitrogens with zero attached hydrogens (tertiary/aromatic N) is 2. The topological polar surface area (TPSA) is 17.8 Å². The van der Waals surface area contributed by atoms with Crippen molar-refractivity contribution in [2.75, 3.05) is 0 Å². The van der Waals surface area contributed by atoms with Crippen molar-refractivity contribution >= 4 is 26.8 Å². The van der Waals surface area contributed by atoms with Crippen molar-refractivity contribution in [1.29, 1.82) is 0 Å². The van der Waals surface area contributed by atoms with Gasteiger partial charge in [0.15, 0.2) is 5.82 Å². The van der Waals surface area contributed by atoms with Crippen LogP contribution in [0.2, 0.25) is 0 Å². The number of fused-ring (bicyclic) bond motifs is 1. The highest BCUT2D eigenvalue weighted by molar-refractivity contribution is 9.10. The third-order valence-corrected chi connectivity index (χ3v) is 2.48. The lowest BCUT2D eigenvalue weighted by Gasteiger charge is -1.93. The molecule has 2 aromatic rings. The van der Waals surface area contributed by atoms with Gasteiger partial charge in [-0.15, -0.1) is 0 Å². The Labute approximate surface area is 81.3 Å². The summed E-state index contributed by atoms with van der Waals surface area (Å²) in [4.78, 5) is 0. The molecule has 0 aliphatic rings. The fourth-order valence-corrected chi connectivity index (χ4v) is 1.67. The second-order valence-corrected chi connectivity index (χ2v) is 3.52. The van der Waals surface area contributed by atoms with E-state index in [1.165, 1.54) is 19.2 Å². The summed E-state index contributed by atoms with van der Waals surface area (Å²) in [6, 6.07) is 2.71. The first-order valence-corrected chi connectivity index (χ1v) is 4.37. The molecule has 0 saturated heterocycles. The lowest BCUT2D eigenvalue weighted by molar-refractivity contribution is 0.511. The molecule has 0 N–H and O–H groups in total. The number of hydrogen-bond acceptors (Lipinski definition) is 1. The van der Waals surface area contributed by atoms with Gasteiger partial charge in [-0.2, -0.15) is 9.49 Å². The van der Waals surface area contributed by atoms with Gasteiger partial charge in [0.1, 0.15) is 5.52 Å². The van der Waals surface area contributed by atoms with Crippen LogP contribution >= 0.6 is 15.9 Å². The molecule has 0 aliphatic heterocycles. The molecule has 13 heavy (non-hydrogen) atoms. The standard InChI is InChI=1S/C8H5BrF2N2/c1-13-8(11)6-4(9)2-3-5(10)7(6)12-13/h2-3H,1H3. The van der Waals surface area contributed by atoms with Crippen molar-refractivity contribution in [3.05, 3.63) is 28.4 Å². The van der Waals surface area contributed by atoms with Crippen LogP contribution in [0.1, 0.15) is 0 Å². The van der Waals surface area contributed by atoms with Crippen molar-refractivity contribution in [3.8, 4) is 0 Å². The number of aromatic nitrogens is 2. The molecule has 1 aromatic carbocycles.